The summed E-state index contributed by atoms with van der Waals surface area (Å²) >= 11 is 0. The second-order valence-corrected chi connectivity index (χ2v) is 5.37. The first-order valence-electron chi connectivity index (χ1n) is 7.52. The fourth-order valence-electron chi connectivity index (χ4n) is 2.40. The first kappa shape index (κ1) is 15.5. The van der Waals surface area contributed by atoms with Crippen LogP contribution in [0.4, 0.5) is 22.7 Å². The maximum atomic E-state index is 6.05. The lowest BCUT2D eigenvalue weighted by Crippen LogP contribution is -1.89. The van der Waals surface area contributed by atoms with Gasteiger partial charge in [0.05, 0.1) is 22.7 Å². The van der Waals surface area contributed by atoms with Crippen molar-refractivity contribution in [2.24, 2.45) is 9.98 Å². The van der Waals surface area contributed by atoms with Crippen molar-refractivity contribution >= 4 is 35.7 Å². The largest absolute Gasteiger partial charge is 0.397 e. The van der Waals surface area contributed by atoms with Crippen LogP contribution in [0.3, 0.4) is 0 Å². The van der Waals surface area contributed by atoms with Crippen LogP contribution in [0.5, 0.6) is 0 Å². The van der Waals surface area contributed by atoms with E-state index in [0.717, 1.165) is 22.4 Å². The van der Waals surface area contributed by atoms with Gasteiger partial charge in [0.2, 0.25) is 0 Å². The van der Waals surface area contributed by atoms with Crippen molar-refractivity contribution < 1.29 is 0 Å². The SMILES string of the molecule is C=Nc1ccc(-c2ccc(N)c(/N=C/c3ccccc3)c2)cc1N. The smallest absolute Gasteiger partial charge is 0.0865 e. The monoisotopic (exact) mass is 314 g/mol. The van der Waals surface area contributed by atoms with Gasteiger partial charge in [-0.1, -0.05) is 42.5 Å². The molecule has 0 spiro atoms. The number of nitrogens with two attached hydrogens (primary N) is 2. The molecule has 0 heterocycles. The van der Waals surface area contributed by atoms with Crippen LogP contribution >= 0.6 is 0 Å². The molecule has 4 heteroatoms. The molecular formula is C20H18N4. The van der Waals surface area contributed by atoms with Crippen LogP contribution in [0.1, 0.15) is 5.56 Å². The Kier molecular flexibility index (Phi) is 4.38. The standard InChI is InChI=1S/C20H18N4/c1-23-19-10-8-15(11-18(19)22)16-7-9-17(21)20(12-16)24-13-14-5-3-2-4-6-14/h2-13H,1,21-22H2/b24-13+. The molecule has 0 aliphatic heterocycles. The van der Waals surface area contributed by atoms with Gasteiger partial charge in [-0.05, 0) is 47.7 Å². The van der Waals surface area contributed by atoms with Gasteiger partial charge in [-0.3, -0.25) is 9.98 Å². The van der Waals surface area contributed by atoms with Crippen molar-refractivity contribution in [2.75, 3.05) is 11.5 Å². The molecule has 4 nitrogen and oxygen atoms in total. The van der Waals surface area contributed by atoms with Gasteiger partial charge in [-0.15, -0.1) is 0 Å². The molecule has 0 saturated carbocycles. The molecule has 0 unspecified atom stereocenters. The summed E-state index contributed by atoms with van der Waals surface area (Å²) in [6.07, 6.45) is 1.80. The van der Waals surface area contributed by atoms with Gasteiger partial charge in [-0.25, -0.2) is 0 Å². The van der Waals surface area contributed by atoms with Gasteiger partial charge in [0, 0.05) is 6.21 Å². The Morgan fingerprint density at radius 1 is 0.750 bits per heavy atom. The Bertz CT molecular complexity index is 899. The molecule has 3 aromatic carbocycles. The zero-order valence-electron chi connectivity index (χ0n) is 13.2. The minimum Gasteiger partial charge on any atom is -0.397 e. The summed E-state index contributed by atoms with van der Waals surface area (Å²) in [6.45, 7) is 3.51. The van der Waals surface area contributed by atoms with E-state index in [9.17, 15) is 0 Å². The molecule has 3 rings (SSSR count). The summed E-state index contributed by atoms with van der Waals surface area (Å²) in [5, 5.41) is 0. The number of rotatable bonds is 4. The number of hydrogen-bond acceptors (Lipinski definition) is 4. The lowest BCUT2D eigenvalue weighted by atomic mass is 10.0. The number of nitrogens with zero attached hydrogens (tertiary/aromatic N) is 2. The third-order valence-corrected chi connectivity index (χ3v) is 3.71. The van der Waals surface area contributed by atoms with Crippen LogP contribution in [0.2, 0.25) is 0 Å². The Morgan fingerprint density at radius 3 is 2.17 bits per heavy atom. The second-order valence-electron chi connectivity index (χ2n) is 5.37. The Balaban J connectivity index is 1.95. The molecule has 0 atom stereocenters. The van der Waals surface area contributed by atoms with Gasteiger partial charge >= 0.3 is 0 Å². The van der Waals surface area contributed by atoms with E-state index in [4.69, 9.17) is 11.5 Å². The van der Waals surface area contributed by atoms with Gasteiger partial charge in [-0.2, -0.15) is 0 Å². The number of anilines is 2. The molecule has 0 fully saturated rings. The number of aliphatic imine (C=N–C) groups is 2. The van der Waals surface area contributed by atoms with E-state index in [1.807, 2.05) is 66.7 Å². The predicted molar refractivity (Wildman–Crippen MR) is 104 cm³/mol. The highest BCUT2D eigenvalue weighted by atomic mass is 14.8. The topological polar surface area (TPSA) is 76.8 Å². The van der Waals surface area contributed by atoms with E-state index in [0.29, 0.717) is 17.1 Å². The van der Waals surface area contributed by atoms with Crippen molar-refractivity contribution in [3.05, 3.63) is 72.3 Å². The fourth-order valence-corrected chi connectivity index (χ4v) is 2.40. The number of nitrogen functional groups attached to an aromatic ring is 2. The van der Waals surface area contributed by atoms with Crippen LogP contribution < -0.4 is 11.5 Å². The molecule has 0 saturated heterocycles. The summed E-state index contributed by atoms with van der Waals surface area (Å²) in [6, 6.07) is 21.3. The summed E-state index contributed by atoms with van der Waals surface area (Å²) in [5.74, 6) is 0. The van der Waals surface area contributed by atoms with Crippen LogP contribution in [0, 0.1) is 0 Å². The Labute approximate surface area is 141 Å². The zero-order chi connectivity index (χ0) is 16.9. The molecule has 0 radical (unpaired) electrons. The van der Waals surface area contributed by atoms with Crippen molar-refractivity contribution in [3.63, 3.8) is 0 Å². The second kappa shape index (κ2) is 6.79. The maximum absolute atomic E-state index is 6.05. The molecule has 24 heavy (non-hydrogen) atoms. The van der Waals surface area contributed by atoms with E-state index < -0.39 is 0 Å². The quantitative estimate of drug-likeness (QED) is 0.545. The highest BCUT2D eigenvalue weighted by Crippen LogP contribution is 2.32. The van der Waals surface area contributed by atoms with Crippen molar-refractivity contribution in [1.29, 1.82) is 0 Å². The average molecular weight is 314 g/mol. The fraction of sp³-hybridized carbons (Fsp3) is 0. The molecule has 3 aromatic rings. The summed E-state index contributed by atoms with van der Waals surface area (Å²) in [5.41, 5.74) is 17.6. The van der Waals surface area contributed by atoms with Gasteiger partial charge in [0.15, 0.2) is 0 Å². The lowest BCUT2D eigenvalue weighted by Gasteiger charge is -2.08. The molecular weight excluding hydrogens is 296 g/mol. The summed E-state index contributed by atoms with van der Waals surface area (Å²) < 4.78 is 0. The molecule has 0 aliphatic carbocycles. The average Bonchev–Trinajstić information content (AvgIpc) is 2.62. The minimum atomic E-state index is 0.591. The molecule has 118 valence electrons. The van der Waals surface area contributed by atoms with Gasteiger partial charge in [0.1, 0.15) is 0 Å². The molecule has 0 aliphatic rings. The highest BCUT2D eigenvalue weighted by molar-refractivity contribution is 5.85. The van der Waals surface area contributed by atoms with Crippen LogP contribution in [0.25, 0.3) is 11.1 Å². The van der Waals surface area contributed by atoms with Gasteiger partial charge in [0.25, 0.3) is 0 Å². The van der Waals surface area contributed by atoms with Crippen molar-refractivity contribution in [1.82, 2.24) is 0 Å². The predicted octanol–water partition coefficient (Wildman–Crippen LogP) is 4.60. The van der Waals surface area contributed by atoms with Crippen LogP contribution in [0.15, 0.2) is 76.7 Å². The zero-order valence-corrected chi connectivity index (χ0v) is 13.2. The molecule has 0 bridgehead atoms. The van der Waals surface area contributed by atoms with Crippen LogP contribution in [-0.4, -0.2) is 12.9 Å². The summed E-state index contributed by atoms with van der Waals surface area (Å²) in [7, 11) is 0. The molecule has 0 amide bonds. The van der Waals surface area contributed by atoms with E-state index in [-0.39, 0.29) is 0 Å². The Hall–Kier alpha value is -3.40. The first-order chi connectivity index (χ1) is 11.7. The normalized spacial score (nSPS) is 10.8. The lowest BCUT2D eigenvalue weighted by molar-refractivity contribution is 1.50. The van der Waals surface area contributed by atoms with E-state index in [2.05, 4.69) is 16.7 Å². The van der Waals surface area contributed by atoms with Crippen molar-refractivity contribution in [3.8, 4) is 11.1 Å². The number of benzene rings is 3. The third-order valence-electron chi connectivity index (χ3n) is 3.71. The van der Waals surface area contributed by atoms with E-state index >= 15 is 0 Å². The first-order valence-corrected chi connectivity index (χ1v) is 7.52. The third kappa shape index (κ3) is 3.33. The van der Waals surface area contributed by atoms with Crippen LogP contribution in [-0.2, 0) is 0 Å². The Morgan fingerprint density at radius 2 is 1.46 bits per heavy atom. The maximum Gasteiger partial charge on any atom is 0.0865 e. The number of hydrogen-bond donors (Lipinski definition) is 2. The van der Waals surface area contributed by atoms with E-state index in [1.165, 1.54) is 0 Å². The minimum absolute atomic E-state index is 0.591. The highest BCUT2D eigenvalue weighted by Gasteiger charge is 2.05. The molecule has 4 N–H and O–H groups in total. The molecule has 0 aromatic heterocycles. The van der Waals surface area contributed by atoms with E-state index in [1.54, 1.807) is 6.21 Å². The van der Waals surface area contributed by atoms with Crippen molar-refractivity contribution in [2.45, 2.75) is 0 Å². The summed E-state index contributed by atoms with van der Waals surface area (Å²) in [4.78, 5) is 8.39. The van der Waals surface area contributed by atoms with Gasteiger partial charge < -0.3 is 11.5 Å².